The summed E-state index contributed by atoms with van der Waals surface area (Å²) in [6.07, 6.45) is -4.78. The minimum Gasteiger partial charge on any atom is -0.456 e. The van der Waals surface area contributed by atoms with Crippen molar-refractivity contribution >= 4 is 61.2 Å². The molecule has 1 N–H and O–H groups in total. The van der Waals surface area contributed by atoms with Crippen LogP contribution in [0, 0.1) is 16.7 Å². The Balaban J connectivity index is 1.71. The van der Waals surface area contributed by atoms with Gasteiger partial charge in [0.1, 0.15) is 23.9 Å². The number of rotatable bonds is 22. The zero-order chi connectivity index (χ0) is 58.0. The number of fused-ring (bicyclic) bond motifs is 5. The lowest BCUT2D eigenvalue weighted by molar-refractivity contribution is -0.343. The predicted molar refractivity (Wildman–Crippen MR) is 305 cm³/mol. The van der Waals surface area contributed by atoms with Crippen molar-refractivity contribution in [1.82, 2.24) is 5.32 Å². The fourth-order valence-corrected chi connectivity index (χ4v) is 18.1. The highest BCUT2D eigenvalue weighted by Gasteiger charge is 2.79. The van der Waals surface area contributed by atoms with Gasteiger partial charge in [-0.2, -0.15) is 0 Å². The van der Waals surface area contributed by atoms with Crippen molar-refractivity contribution in [3.63, 3.8) is 0 Å². The summed E-state index contributed by atoms with van der Waals surface area (Å²) < 4.78 is 55.9. The van der Waals surface area contributed by atoms with Gasteiger partial charge in [-0.15, -0.1) is 0 Å². The topological polar surface area (TPSA) is 188 Å². The Morgan fingerprint density at radius 2 is 1.45 bits per heavy atom. The summed E-state index contributed by atoms with van der Waals surface area (Å²) in [6.45, 7) is 32.3. The summed E-state index contributed by atoms with van der Waals surface area (Å²) in [5, 5.41) is 2.79. The molecule has 4 aliphatic rings. The Bertz CT molecular complexity index is 2520. The predicted octanol–water partition coefficient (Wildman–Crippen LogP) is 11.3. The van der Waals surface area contributed by atoms with E-state index in [2.05, 4.69) is 53.8 Å². The van der Waals surface area contributed by atoms with Crippen LogP contribution in [0.4, 0.5) is 0 Å². The molecule has 18 heteroatoms. The number of ketones is 1. The van der Waals surface area contributed by atoms with Crippen molar-refractivity contribution in [2.75, 3.05) is 6.61 Å². The van der Waals surface area contributed by atoms with Gasteiger partial charge in [0.25, 0.3) is 0 Å². The second-order valence-corrected chi connectivity index (χ2v) is 36.2. The fourth-order valence-electron chi connectivity index (χ4n) is 12.8. The zero-order valence-corrected chi connectivity index (χ0v) is 52.7. The first-order valence-electron chi connectivity index (χ1n) is 28.4. The molecular weight excluding hydrogens is 1040 g/mol. The molecule has 78 heavy (non-hydrogen) atoms. The Morgan fingerprint density at radius 1 is 0.846 bits per heavy atom. The van der Waals surface area contributed by atoms with Crippen LogP contribution in [0.2, 0.25) is 49.4 Å². The number of carbonyl (C=O) groups excluding carboxylic acids is 6. The second kappa shape index (κ2) is 24.4. The van der Waals surface area contributed by atoms with Crippen LogP contribution in [-0.2, 0) is 60.9 Å². The van der Waals surface area contributed by atoms with E-state index in [1.54, 1.807) is 44.2 Å². The Labute approximate surface area is 468 Å². The van der Waals surface area contributed by atoms with E-state index in [4.69, 9.17) is 37.0 Å². The highest BCUT2D eigenvalue weighted by Crippen LogP contribution is 2.66. The first-order valence-corrected chi connectivity index (χ1v) is 36.2. The van der Waals surface area contributed by atoms with Crippen molar-refractivity contribution in [3.05, 3.63) is 82.9 Å². The number of nitrogens with one attached hydrogen (secondary N) is 1. The molecule has 11 atom stereocenters. The molecule has 3 aliphatic carbocycles. The molecule has 3 fully saturated rings. The van der Waals surface area contributed by atoms with E-state index in [0.29, 0.717) is 23.1 Å². The average molecular weight is 1130 g/mol. The lowest BCUT2D eigenvalue weighted by atomic mass is 9.44. The van der Waals surface area contributed by atoms with E-state index in [-0.39, 0.29) is 37.3 Å². The molecule has 1 amide bonds. The summed E-state index contributed by atoms with van der Waals surface area (Å²) >= 11 is 0. The molecule has 0 aromatic heterocycles. The molecule has 6 rings (SSSR count). The molecule has 0 spiro atoms. The first-order chi connectivity index (χ1) is 36.5. The number of benzene rings is 2. The molecule has 1 heterocycles. The van der Waals surface area contributed by atoms with E-state index < -0.39 is 131 Å². The SMILES string of the molecule is CCCCCC(=O)N[C@@H](c1ccccc1)[C@@H](O[Si](C)(C)C(C)(C)C)C(=O)O[C@H]1C[C@@]2(O[Si](C)C)[C@@H](OC(=O)c3ccccc3)[C@@H]3[C@]4(OC(C)=O)CO[C@@H]4C[C@H](O[Si](CC)(CC)CC)[C@@]3(C)C(=O)[C@H](OC(C)=O)C(=C1C)C2(C)C. The monoisotopic (exact) mass is 1130 g/mol. The van der Waals surface area contributed by atoms with Crippen LogP contribution in [0.1, 0.15) is 150 Å². The molecule has 0 unspecified atom stereocenters. The lowest BCUT2D eigenvalue weighted by Gasteiger charge is -2.69. The summed E-state index contributed by atoms with van der Waals surface area (Å²) in [4.78, 5) is 89.6. The Morgan fingerprint density at radius 3 is 1.96 bits per heavy atom. The van der Waals surface area contributed by atoms with Crippen LogP contribution in [-0.4, -0.2) is 116 Å². The van der Waals surface area contributed by atoms with Gasteiger partial charge in [-0.05, 0) is 98.5 Å². The van der Waals surface area contributed by atoms with Gasteiger partial charge in [-0.3, -0.25) is 19.2 Å². The second-order valence-electron chi connectivity index (χ2n) is 24.7. The number of Topliss-reactive ketones (excluding diaryl/α,β-unsaturated/α-hetero) is 1. The van der Waals surface area contributed by atoms with Gasteiger partial charge in [0.15, 0.2) is 40.2 Å². The number of hydrogen-bond donors (Lipinski definition) is 1. The van der Waals surface area contributed by atoms with Crippen LogP contribution in [0.15, 0.2) is 71.8 Å². The maximum atomic E-state index is 16.9. The number of amides is 1. The van der Waals surface area contributed by atoms with E-state index >= 15 is 14.4 Å². The van der Waals surface area contributed by atoms with Gasteiger partial charge >= 0.3 is 23.9 Å². The van der Waals surface area contributed by atoms with Crippen LogP contribution >= 0.6 is 0 Å². The van der Waals surface area contributed by atoms with Gasteiger partial charge in [0, 0.05) is 38.5 Å². The van der Waals surface area contributed by atoms with Crippen molar-refractivity contribution in [2.24, 2.45) is 16.7 Å². The van der Waals surface area contributed by atoms with Gasteiger partial charge in [-0.1, -0.05) is 124 Å². The van der Waals surface area contributed by atoms with E-state index in [0.717, 1.165) is 31.0 Å². The molecule has 1 aliphatic heterocycles. The minimum absolute atomic E-state index is 0.145. The first kappa shape index (κ1) is 62.9. The number of hydrogen-bond acceptors (Lipinski definition) is 14. The van der Waals surface area contributed by atoms with Crippen molar-refractivity contribution in [1.29, 1.82) is 0 Å². The third kappa shape index (κ3) is 12.0. The smallest absolute Gasteiger partial charge is 0.338 e. The lowest BCUT2D eigenvalue weighted by Crippen LogP contribution is -2.82. The molecule has 1 saturated heterocycles. The fraction of sp³-hybridized carbons (Fsp3) is 0.667. The number of ether oxygens (including phenoxy) is 5. The molecular formula is C60H90NO14Si3. The molecule has 2 aromatic rings. The molecule has 2 bridgehead atoms. The maximum absolute atomic E-state index is 16.9. The molecule has 2 aromatic carbocycles. The summed E-state index contributed by atoms with van der Waals surface area (Å²) in [5.41, 5.74) is -4.86. The number of unbranched alkanes of at least 4 members (excludes halogenated alkanes) is 2. The summed E-state index contributed by atoms with van der Waals surface area (Å²) in [7, 11) is -7.43. The molecule has 15 nitrogen and oxygen atoms in total. The van der Waals surface area contributed by atoms with Crippen LogP contribution in [0.5, 0.6) is 0 Å². The van der Waals surface area contributed by atoms with E-state index in [1.165, 1.54) is 13.8 Å². The minimum atomic E-state index is -2.89. The van der Waals surface area contributed by atoms with E-state index in [1.807, 2.05) is 70.4 Å². The van der Waals surface area contributed by atoms with Crippen LogP contribution < -0.4 is 5.32 Å². The molecule has 431 valence electrons. The van der Waals surface area contributed by atoms with E-state index in [9.17, 15) is 14.4 Å². The Kier molecular flexibility index (Phi) is 19.7. The van der Waals surface area contributed by atoms with Crippen molar-refractivity contribution in [3.8, 4) is 0 Å². The van der Waals surface area contributed by atoms with Gasteiger partial charge in [0.2, 0.25) is 14.9 Å². The van der Waals surface area contributed by atoms with Crippen LogP contribution in [0.3, 0.4) is 0 Å². The van der Waals surface area contributed by atoms with Gasteiger partial charge in [0.05, 0.1) is 35.6 Å². The quantitative estimate of drug-likeness (QED) is 0.0385. The third-order valence-corrected chi connectivity index (χ3v) is 28.2. The highest BCUT2D eigenvalue weighted by molar-refractivity contribution is 6.74. The zero-order valence-electron chi connectivity index (χ0n) is 49.7. The standard InChI is InChI=1S/C60H90NO14Si3/c1-18-22-25-34-46(64)61-48(41-30-26-23-27-31-41)50(74-77(16,17)56(8,9)10)55(67)70-43-36-60(75-76(14)15)53(71-54(66)42-32-28-24-29-33-42)51-58(13,52(65)49(69-39(6)62)47(38(43)5)57(60,11)12)44(73-78(19-2,20-3)21-4)35-45-59(51,37-68-45)72-40(7)63/h23-24,26-33,43-45,48-51,53H,18-22,25,34-37H2,1-17H3,(H,61,64)/t43-,44-,45+,48-,49+,50+,51-,53-,58+,59-,60+/m0/s1. The average Bonchev–Trinajstić information content (AvgIpc) is 3.52. The number of esters is 4. The highest BCUT2D eigenvalue weighted by atomic mass is 28.4. The van der Waals surface area contributed by atoms with Crippen molar-refractivity contribution in [2.45, 2.75) is 232 Å². The molecule has 1 radical (unpaired) electrons. The van der Waals surface area contributed by atoms with Gasteiger partial charge in [-0.25, -0.2) is 9.59 Å². The molecule has 2 saturated carbocycles. The van der Waals surface area contributed by atoms with Crippen molar-refractivity contribution < 1.29 is 65.7 Å². The van der Waals surface area contributed by atoms with Crippen LogP contribution in [0.25, 0.3) is 0 Å². The Hall–Kier alpha value is -4.31. The van der Waals surface area contributed by atoms with Gasteiger partial charge < -0.3 is 42.3 Å². The third-order valence-electron chi connectivity index (χ3n) is 18.3. The normalized spacial score (nSPS) is 28.6. The summed E-state index contributed by atoms with van der Waals surface area (Å²) in [6, 6.07) is 19.0. The maximum Gasteiger partial charge on any atom is 0.338 e. The largest absolute Gasteiger partial charge is 0.456 e. The number of carbonyl (C=O) groups is 6. The summed E-state index contributed by atoms with van der Waals surface area (Å²) in [5.74, 6) is -4.96.